The van der Waals surface area contributed by atoms with Gasteiger partial charge in [0.05, 0.1) is 11.7 Å². The van der Waals surface area contributed by atoms with Crippen LogP contribution in [0.3, 0.4) is 0 Å². The summed E-state index contributed by atoms with van der Waals surface area (Å²) < 4.78 is 11.3. The second-order valence-electron chi connectivity index (χ2n) is 11.9. The summed E-state index contributed by atoms with van der Waals surface area (Å²) in [5.74, 6) is 1.43. The molecule has 0 radical (unpaired) electrons. The molecule has 0 amide bonds. The van der Waals surface area contributed by atoms with E-state index < -0.39 is 5.60 Å². The highest BCUT2D eigenvalue weighted by Crippen LogP contribution is 2.58. The number of rotatable bonds is 12. The molecule has 37 heavy (non-hydrogen) atoms. The highest BCUT2D eigenvalue weighted by atomic mass is 16.6. The summed E-state index contributed by atoms with van der Waals surface area (Å²) in [6, 6.07) is 0. The molecule has 5 atom stereocenters. The molecule has 0 bridgehead atoms. The van der Waals surface area contributed by atoms with Gasteiger partial charge in [0.2, 0.25) is 0 Å². The van der Waals surface area contributed by atoms with Crippen LogP contribution in [0, 0.1) is 17.3 Å². The molecular weight excluding hydrogens is 464 g/mol. The SMILES string of the molecule is C=C1C[C@H](OCCCO)C(OC=O)C/C1=C\C=C1/CCCC2(C)C(CCCCC(C)(C)O)CCC12.CC. The van der Waals surface area contributed by atoms with Gasteiger partial charge in [-0.25, -0.2) is 0 Å². The summed E-state index contributed by atoms with van der Waals surface area (Å²) in [5, 5.41) is 19.0. The second kappa shape index (κ2) is 15.2. The Labute approximate surface area is 226 Å². The van der Waals surface area contributed by atoms with E-state index in [0.717, 1.165) is 29.9 Å². The molecule has 3 aliphatic carbocycles. The van der Waals surface area contributed by atoms with Crippen LogP contribution < -0.4 is 0 Å². The molecule has 5 heteroatoms. The van der Waals surface area contributed by atoms with Gasteiger partial charge in [-0.15, -0.1) is 0 Å². The number of aliphatic hydroxyl groups is 2. The summed E-state index contributed by atoms with van der Waals surface area (Å²) in [4.78, 5) is 11.1. The number of allylic oxidation sites excluding steroid dienone is 3. The first-order valence-corrected chi connectivity index (χ1v) is 14.8. The average Bonchev–Trinajstić information content (AvgIpc) is 3.20. The Morgan fingerprint density at radius 3 is 2.54 bits per heavy atom. The van der Waals surface area contributed by atoms with Crippen LogP contribution >= 0.6 is 0 Å². The van der Waals surface area contributed by atoms with Crippen molar-refractivity contribution in [3.63, 3.8) is 0 Å². The van der Waals surface area contributed by atoms with Crippen molar-refractivity contribution < 1.29 is 24.5 Å². The fourth-order valence-electron chi connectivity index (χ4n) is 6.83. The van der Waals surface area contributed by atoms with Crippen LogP contribution in [0.15, 0.2) is 35.5 Å². The van der Waals surface area contributed by atoms with Crippen molar-refractivity contribution in [3.05, 3.63) is 35.5 Å². The third kappa shape index (κ3) is 9.07. The number of hydrogen-bond acceptors (Lipinski definition) is 5. The van der Waals surface area contributed by atoms with Crippen molar-refractivity contribution in [2.75, 3.05) is 13.2 Å². The van der Waals surface area contributed by atoms with Gasteiger partial charge in [0.1, 0.15) is 6.10 Å². The summed E-state index contributed by atoms with van der Waals surface area (Å²) in [5.41, 5.74) is 3.61. The Bertz CT molecular complexity index is 777. The minimum atomic E-state index is -0.555. The Balaban J connectivity index is 0.00000235. The number of carbonyl (C=O) groups is 1. The fourth-order valence-corrected chi connectivity index (χ4v) is 6.83. The molecule has 0 aromatic heterocycles. The maximum Gasteiger partial charge on any atom is 0.293 e. The molecule has 0 saturated heterocycles. The minimum Gasteiger partial charge on any atom is -0.461 e. The topological polar surface area (TPSA) is 76.0 Å². The molecule has 4 unspecified atom stereocenters. The van der Waals surface area contributed by atoms with Crippen molar-refractivity contribution in [2.24, 2.45) is 17.3 Å². The number of hydrogen-bond donors (Lipinski definition) is 2. The highest BCUT2D eigenvalue weighted by Gasteiger charge is 2.48. The molecular formula is C32H54O5. The third-order valence-corrected chi connectivity index (χ3v) is 8.85. The van der Waals surface area contributed by atoms with Gasteiger partial charge in [0, 0.05) is 26.1 Å². The van der Waals surface area contributed by atoms with Gasteiger partial charge in [-0.2, -0.15) is 0 Å². The largest absolute Gasteiger partial charge is 0.461 e. The Morgan fingerprint density at radius 2 is 1.86 bits per heavy atom. The van der Waals surface area contributed by atoms with E-state index in [-0.39, 0.29) is 18.8 Å². The van der Waals surface area contributed by atoms with Gasteiger partial charge in [0.15, 0.2) is 0 Å². The number of fused-ring (bicyclic) bond motifs is 1. The second-order valence-corrected chi connectivity index (χ2v) is 11.9. The zero-order valence-corrected chi connectivity index (χ0v) is 24.3. The zero-order valence-electron chi connectivity index (χ0n) is 24.3. The van der Waals surface area contributed by atoms with Crippen LogP contribution in [0.1, 0.15) is 112 Å². The quantitative estimate of drug-likeness (QED) is 0.213. The van der Waals surface area contributed by atoms with Crippen LogP contribution in [-0.4, -0.2) is 47.7 Å². The van der Waals surface area contributed by atoms with Crippen molar-refractivity contribution in [1.29, 1.82) is 0 Å². The first-order chi connectivity index (χ1) is 17.7. The van der Waals surface area contributed by atoms with Gasteiger partial charge >= 0.3 is 0 Å². The van der Waals surface area contributed by atoms with Gasteiger partial charge in [-0.1, -0.05) is 57.9 Å². The van der Waals surface area contributed by atoms with Crippen LogP contribution in [0.5, 0.6) is 0 Å². The number of carbonyl (C=O) groups excluding carboxylic acids is 1. The monoisotopic (exact) mass is 518 g/mol. The van der Waals surface area contributed by atoms with E-state index in [9.17, 15) is 9.90 Å². The van der Waals surface area contributed by atoms with Gasteiger partial charge in [0.25, 0.3) is 6.47 Å². The van der Waals surface area contributed by atoms with Crippen molar-refractivity contribution in [1.82, 2.24) is 0 Å². The molecule has 0 spiro atoms. The molecule has 3 rings (SSSR count). The molecule has 3 saturated carbocycles. The van der Waals surface area contributed by atoms with Crippen molar-refractivity contribution >= 4 is 6.47 Å². The highest BCUT2D eigenvalue weighted by molar-refractivity contribution is 5.41. The molecule has 3 fully saturated rings. The lowest BCUT2D eigenvalue weighted by Crippen LogP contribution is -2.36. The van der Waals surface area contributed by atoms with Crippen molar-refractivity contribution in [2.45, 2.75) is 129 Å². The van der Waals surface area contributed by atoms with Crippen LogP contribution in [0.25, 0.3) is 0 Å². The van der Waals surface area contributed by atoms with E-state index in [1.54, 1.807) is 5.57 Å². The summed E-state index contributed by atoms with van der Waals surface area (Å²) in [7, 11) is 0. The maximum absolute atomic E-state index is 11.1. The maximum atomic E-state index is 11.1. The van der Waals surface area contributed by atoms with E-state index in [1.165, 1.54) is 44.9 Å². The predicted octanol–water partition coefficient (Wildman–Crippen LogP) is 7.07. The Morgan fingerprint density at radius 1 is 1.11 bits per heavy atom. The molecule has 0 aliphatic heterocycles. The van der Waals surface area contributed by atoms with Gasteiger partial charge in [-0.3, -0.25) is 4.79 Å². The fraction of sp³-hybridized carbons (Fsp3) is 0.781. The minimum absolute atomic E-state index is 0.0907. The summed E-state index contributed by atoms with van der Waals surface area (Å²) in [6.07, 6.45) is 16.7. The molecule has 3 aliphatic rings. The van der Waals surface area contributed by atoms with Gasteiger partial charge < -0.3 is 19.7 Å². The molecule has 212 valence electrons. The van der Waals surface area contributed by atoms with E-state index >= 15 is 0 Å². The molecule has 2 N–H and O–H groups in total. The van der Waals surface area contributed by atoms with Crippen LogP contribution in [-0.2, 0) is 14.3 Å². The molecule has 0 heterocycles. The smallest absolute Gasteiger partial charge is 0.293 e. The lowest BCUT2D eigenvalue weighted by molar-refractivity contribution is -0.143. The number of aliphatic hydroxyl groups excluding tert-OH is 1. The Kier molecular flexibility index (Phi) is 13.1. The van der Waals surface area contributed by atoms with E-state index in [1.807, 2.05) is 27.7 Å². The molecule has 0 aromatic carbocycles. The molecule has 0 aromatic rings. The first kappa shape index (κ1) is 31.8. The summed E-state index contributed by atoms with van der Waals surface area (Å²) >= 11 is 0. The van der Waals surface area contributed by atoms with E-state index in [0.29, 0.717) is 43.7 Å². The van der Waals surface area contributed by atoms with Crippen molar-refractivity contribution in [3.8, 4) is 0 Å². The van der Waals surface area contributed by atoms with Gasteiger partial charge in [-0.05, 0) is 93.6 Å². The van der Waals surface area contributed by atoms with E-state index in [4.69, 9.17) is 14.6 Å². The first-order valence-electron chi connectivity index (χ1n) is 14.8. The third-order valence-electron chi connectivity index (χ3n) is 8.85. The van der Waals surface area contributed by atoms with E-state index in [2.05, 4.69) is 25.7 Å². The summed E-state index contributed by atoms with van der Waals surface area (Å²) in [6.45, 7) is 15.7. The zero-order chi connectivity index (χ0) is 27.5. The lowest BCUT2D eigenvalue weighted by atomic mass is 9.62. The normalized spacial score (nSPS) is 32.1. The van der Waals surface area contributed by atoms with Crippen LogP contribution in [0.4, 0.5) is 0 Å². The number of unbranched alkanes of at least 4 members (excludes halogenated alkanes) is 1. The average molecular weight is 519 g/mol. The van der Waals surface area contributed by atoms with Crippen LogP contribution in [0.2, 0.25) is 0 Å². The Hall–Kier alpha value is -1.43. The lowest BCUT2D eigenvalue weighted by Gasteiger charge is -2.42. The number of ether oxygens (including phenoxy) is 2. The predicted molar refractivity (Wildman–Crippen MR) is 151 cm³/mol. The standard InChI is InChI=1S/C30H48O5.C2H6/c1-22-19-27(34-18-8-17-31)28(35-21-32)20-24(22)12-11-23-9-7-16-30(4)25(13-14-26(23)30)10-5-6-15-29(2,3)33;1-2/h11-12,21,25-28,31,33H,1,5-10,13-20H2,2-4H3;1-2H3/b23-11+,24-12+;/t25?,26?,27-,28?,30?;/m0./s1. The molecule has 5 nitrogen and oxygen atoms in total.